The Morgan fingerprint density at radius 1 is 0.962 bits per heavy atom. The fourth-order valence-electron chi connectivity index (χ4n) is 3.98. The zero-order valence-electron chi connectivity index (χ0n) is 15.0. The molecule has 0 amide bonds. The summed E-state index contributed by atoms with van der Waals surface area (Å²) in [6.07, 6.45) is 9.00. The van der Waals surface area contributed by atoms with Gasteiger partial charge in [0.1, 0.15) is 0 Å². The van der Waals surface area contributed by atoms with Gasteiger partial charge in [-0.2, -0.15) is 0 Å². The summed E-state index contributed by atoms with van der Waals surface area (Å²) in [5.74, 6) is 1.45. The zero-order valence-corrected chi connectivity index (χ0v) is 15.0. The molecule has 0 unspecified atom stereocenters. The molecule has 5 heteroatoms. The molecule has 5 nitrogen and oxygen atoms in total. The fourth-order valence-corrected chi connectivity index (χ4v) is 3.98. The molecule has 0 saturated heterocycles. The molecule has 5 rings (SSSR count). The van der Waals surface area contributed by atoms with Crippen molar-refractivity contribution in [2.45, 2.75) is 69.5 Å². The maximum atomic E-state index is 12.1. The van der Waals surface area contributed by atoms with Crippen LogP contribution in [0.25, 0.3) is 0 Å². The lowest BCUT2D eigenvalue weighted by Crippen LogP contribution is -2.33. The van der Waals surface area contributed by atoms with Gasteiger partial charge in [0, 0.05) is 30.9 Å². The summed E-state index contributed by atoms with van der Waals surface area (Å²) in [6, 6.07) is 7.04. The molecule has 0 spiro atoms. The minimum Gasteiger partial charge on any atom is -0.308 e. The van der Waals surface area contributed by atoms with E-state index in [-0.39, 0.29) is 17.3 Å². The average molecular weight is 351 g/mol. The van der Waals surface area contributed by atoms with Gasteiger partial charge in [-0.15, -0.1) is 0 Å². The van der Waals surface area contributed by atoms with Crippen molar-refractivity contribution in [1.82, 2.24) is 14.9 Å². The molecule has 0 radical (unpaired) electrons. The average Bonchev–Trinajstić information content (AvgIpc) is 3.49. The number of benzene rings is 1. The van der Waals surface area contributed by atoms with Gasteiger partial charge in [-0.25, -0.2) is 4.79 Å². The Balaban J connectivity index is 1.35. The second-order valence-corrected chi connectivity index (χ2v) is 8.12. The van der Waals surface area contributed by atoms with Gasteiger partial charge in [0.15, 0.2) is 0 Å². The Hall–Kier alpha value is -2.14. The number of rotatable bonds is 7. The van der Waals surface area contributed by atoms with Gasteiger partial charge in [0.2, 0.25) is 0 Å². The molecule has 26 heavy (non-hydrogen) atoms. The second kappa shape index (κ2) is 6.23. The van der Waals surface area contributed by atoms with E-state index in [1.807, 2.05) is 0 Å². The number of hydrogen-bond donors (Lipinski definition) is 2. The predicted molar refractivity (Wildman–Crippen MR) is 101 cm³/mol. The molecule has 2 aromatic rings. The first-order chi connectivity index (χ1) is 12.7. The van der Waals surface area contributed by atoms with Gasteiger partial charge in [-0.05, 0) is 67.1 Å². The largest absolute Gasteiger partial charge is 0.328 e. The lowest BCUT2D eigenvalue weighted by molar-refractivity contribution is 0.632. The topological polar surface area (TPSA) is 66.9 Å². The summed E-state index contributed by atoms with van der Waals surface area (Å²) in [6.45, 7) is 1.28. The summed E-state index contributed by atoms with van der Waals surface area (Å²) in [5, 5.41) is 3.48. The minimum atomic E-state index is -0.281. The van der Waals surface area contributed by atoms with Crippen molar-refractivity contribution in [3.05, 3.63) is 67.5 Å². The van der Waals surface area contributed by atoms with Crippen LogP contribution in [0.2, 0.25) is 0 Å². The maximum absolute atomic E-state index is 12.1. The van der Waals surface area contributed by atoms with Crippen LogP contribution in [0.4, 0.5) is 0 Å². The van der Waals surface area contributed by atoms with Gasteiger partial charge in [0.25, 0.3) is 5.56 Å². The lowest BCUT2D eigenvalue weighted by atomic mass is 9.95. The monoisotopic (exact) mass is 351 g/mol. The van der Waals surface area contributed by atoms with Gasteiger partial charge < -0.3 is 5.32 Å². The van der Waals surface area contributed by atoms with Gasteiger partial charge in [-0.1, -0.05) is 18.2 Å². The van der Waals surface area contributed by atoms with E-state index >= 15 is 0 Å². The van der Waals surface area contributed by atoms with Crippen LogP contribution in [-0.4, -0.2) is 9.55 Å². The van der Waals surface area contributed by atoms with Crippen LogP contribution >= 0.6 is 0 Å². The van der Waals surface area contributed by atoms with Crippen LogP contribution in [0.5, 0.6) is 0 Å². The highest BCUT2D eigenvalue weighted by Gasteiger charge is 2.31. The lowest BCUT2D eigenvalue weighted by Gasteiger charge is -2.15. The Kier molecular flexibility index (Phi) is 3.85. The summed E-state index contributed by atoms with van der Waals surface area (Å²) < 4.78 is 1.69. The molecule has 0 atom stereocenters. The minimum absolute atomic E-state index is 0.266. The molecule has 3 aliphatic carbocycles. The molecular formula is C21H25N3O2. The second-order valence-electron chi connectivity index (χ2n) is 8.12. The number of aromatic nitrogens is 2. The number of nitrogens with zero attached hydrogens (tertiary/aromatic N) is 1. The number of H-pyrrole nitrogens is 1. The quantitative estimate of drug-likeness (QED) is 0.806. The molecule has 3 aliphatic rings. The highest BCUT2D eigenvalue weighted by molar-refractivity contribution is 5.42. The SMILES string of the molecule is O=c1[nH]c(=O)n(C2CC2)cc1CNCc1c(C2CC2)cccc1C1CC1. The third kappa shape index (κ3) is 3.16. The Bertz CT molecular complexity index is 916. The van der Waals surface area contributed by atoms with Crippen LogP contribution in [0, 0.1) is 0 Å². The molecule has 1 aromatic carbocycles. The molecule has 1 aromatic heterocycles. The summed E-state index contributed by atoms with van der Waals surface area (Å²) >= 11 is 0. The van der Waals surface area contributed by atoms with Crippen molar-refractivity contribution >= 4 is 0 Å². The van der Waals surface area contributed by atoms with Gasteiger partial charge >= 0.3 is 5.69 Å². The maximum Gasteiger partial charge on any atom is 0.328 e. The van der Waals surface area contributed by atoms with Crippen molar-refractivity contribution in [2.24, 2.45) is 0 Å². The molecular weight excluding hydrogens is 326 g/mol. The Morgan fingerprint density at radius 3 is 2.19 bits per heavy atom. The van der Waals surface area contributed by atoms with E-state index in [9.17, 15) is 9.59 Å². The summed E-state index contributed by atoms with van der Waals surface area (Å²) in [7, 11) is 0. The smallest absolute Gasteiger partial charge is 0.308 e. The van der Waals surface area contributed by atoms with E-state index < -0.39 is 0 Å². The van der Waals surface area contributed by atoms with Crippen molar-refractivity contribution in [1.29, 1.82) is 0 Å². The van der Waals surface area contributed by atoms with Crippen LogP contribution in [0.3, 0.4) is 0 Å². The molecule has 0 bridgehead atoms. The van der Waals surface area contributed by atoms with Crippen molar-refractivity contribution in [2.75, 3.05) is 0 Å². The van der Waals surface area contributed by atoms with Crippen LogP contribution < -0.4 is 16.6 Å². The van der Waals surface area contributed by atoms with E-state index in [0.29, 0.717) is 12.1 Å². The molecule has 136 valence electrons. The Labute approximate surface area is 152 Å². The highest BCUT2D eigenvalue weighted by atomic mass is 16.2. The third-order valence-electron chi connectivity index (χ3n) is 5.88. The molecule has 3 fully saturated rings. The number of hydrogen-bond acceptors (Lipinski definition) is 3. The number of aromatic amines is 1. The standard InChI is InChI=1S/C21H25N3O2/c25-20-15(12-24(16-8-9-16)21(26)23-20)10-22-11-19-17(13-4-5-13)2-1-3-18(19)14-6-7-14/h1-3,12-14,16,22H,4-11H2,(H,23,25,26). The fraction of sp³-hybridized carbons (Fsp3) is 0.524. The van der Waals surface area contributed by atoms with Crippen LogP contribution in [-0.2, 0) is 13.1 Å². The van der Waals surface area contributed by atoms with Gasteiger partial charge in [0.05, 0.1) is 0 Å². The summed E-state index contributed by atoms with van der Waals surface area (Å²) in [5.41, 5.74) is 4.55. The van der Waals surface area contributed by atoms with Crippen LogP contribution in [0.15, 0.2) is 34.0 Å². The molecule has 1 heterocycles. The molecule has 2 N–H and O–H groups in total. The van der Waals surface area contributed by atoms with E-state index in [4.69, 9.17) is 0 Å². The van der Waals surface area contributed by atoms with E-state index in [1.54, 1.807) is 10.8 Å². The van der Waals surface area contributed by atoms with E-state index in [2.05, 4.69) is 28.5 Å². The van der Waals surface area contributed by atoms with Crippen molar-refractivity contribution in [3.8, 4) is 0 Å². The van der Waals surface area contributed by atoms with Crippen molar-refractivity contribution in [3.63, 3.8) is 0 Å². The first kappa shape index (κ1) is 16.1. The normalized spacial score (nSPS) is 19.7. The highest BCUT2D eigenvalue weighted by Crippen LogP contribution is 2.47. The number of nitrogens with one attached hydrogen (secondary N) is 2. The first-order valence-electron chi connectivity index (χ1n) is 9.87. The molecule has 0 aliphatic heterocycles. The zero-order chi connectivity index (χ0) is 17.7. The van der Waals surface area contributed by atoms with Crippen molar-refractivity contribution < 1.29 is 0 Å². The first-order valence-corrected chi connectivity index (χ1v) is 9.87. The molecule has 3 saturated carbocycles. The third-order valence-corrected chi connectivity index (χ3v) is 5.88. The predicted octanol–water partition coefficient (Wildman–Crippen LogP) is 2.92. The van der Waals surface area contributed by atoms with E-state index in [1.165, 1.54) is 42.4 Å². The van der Waals surface area contributed by atoms with Crippen LogP contribution in [0.1, 0.15) is 78.7 Å². The van der Waals surface area contributed by atoms with E-state index in [0.717, 1.165) is 31.2 Å². The van der Waals surface area contributed by atoms with Gasteiger partial charge in [-0.3, -0.25) is 14.3 Å². The Morgan fingerprint density at radius 2 is 1.62 bits per heavy atom. The summed E-state index contributed by atoms with van der Waals surface area (Å²) in [4.78, 5) is 26.5.